The van der Waals surface area contributed by atoms with Crippen molar-refractivity contribution >= 4 is 11.6 Å². The van der Waals surface area contributed by atoms with Gasteiger partial charge in [0.1, 0.15) is 12.4 Å². The number of hydrogen-bond acceptors (Lipinski definition) is 6. The van der Waals surface area contributed by atoms with Crippen LogP contribution in [0.2, 0.25) is 0 Å². The maximum Gasteiger partial charge on any atom is 0.192 e. The normalized spacial score (nSPS) is 48.9. The third kappa shape index (κ3) is 2.12. The molecule has 3 saturated carbocycles. The van der Waals surface area contributed by atoms with Gasteiger partial charge >= 0.3 is 0 Å². The number of carbonyl (C=O) groups is 2. The van der Waals surface area contributed by atoms with Crippen LogP contribution in [0.1, 0.15) is 46.0 Å². The van der Waals surface area contributed by atoms with Gasteiger partial charge in [0.2, 0.25) is 0 Å². The summed E-state index contributed by atoms with van der Waals surface area (Å²) < 4.78 is 0. The van der Waals surface area contributed by atoms with Crippen LogP contribution in [0.4, 0.5) is 0 Å². The summed E-state index contributed by atoms with van der Waals surface area (Å²) in [5.74, 6) is -0.687. The van der Waals surface area contributed by atoms with Crippen molar-refractivity contribution in [3.05, 3.63) is 23.5 Å². The molecule has 0 bridgehead atoms. The SMILES string of the molecule is CC12C(O)=CC(=O)C=C1CCC1C2CCC2(C)C1CC(O)C2(O)C(=O)CO. The molecule has 0 amide bonds. The minimum absolute atomic E-state index is 0.0821. The van der Waals surface area contributed by atoms with Crippen LogP contribution in [0.3, 0.4) is 0 Å². The second-order valence-corrected chi connectivity index (χ2v) is 9.27. The van der Waals surface area contributed by atoms with E-state index < -0.39 is 34.9 Å². The van der Waals surface area contributed by atoms with Gasteiger partial charge in [-0.25, -0.2) is 0 Å². The first kappa shape index (κ1) is 18.8. The summed E-state index contributed by atoms with van der Waals surface area (Å²) >= 11 is 0. The summed E-state index contributed by atoms with van der Waals surface area (Å²) in [5, 5.41) is 41.8. The van der Waals surface area contributed by atoms with Crippen molar-refractivity contribution < 1.29 is 30.0 Å². The fourth-order valence-electron chi connectivity index (χ4n) is 6.95. The van der Waals surface area contributed by atoms with E-state index in [2.05, 4.69) is 0 Å². The van der Waals surface area contributed by atoms with Gasteiger partial charge in [-0.2, -0.15) is 0 Å². The van der Waals surface area contributed by atoms with Crippen LogP contribution < -0.4 is 0 Å². The number of rotatable bonds is 2. The predicted octanol–water partition coefficient (Wildman–Crippen LogP) is 1.44. The summed E-state index contributed by atoms with van der Waals surface area (Å²) in [4.78, 5) is 24.3. The maximum atomic E-state index is 12.4. The highest BCUT2D eigenvalue weighted by molar-refractivity contribution is 6.01. The van der Waals surface area contributed by atoms with Crippen molar-refractivity contribution in [2.24, 2.45) is 28.6 Å². The molecular formula is C21H28O6. The van der Waals surface area contributed by atoms with E-state index >= 15 is 0 Å². The highest BCUT2D eigenvalue weighted by Gasteiger charge is 2.70. The Bertz CT molecular complexity index is 769. The predicted molar refractivity (Wildman–Crippen MR) is 96.6 cm³/mol. The molecule has 0 aromatic heterocycles. The number of allylic oxidation sites excluding steroid dienone is 3. The van der Waals surface area contributed by atoms with Gasteiger partial charge < -0.3 is 20.4 Å². The Balaban J connectivity index is 1.75. The molecule has 0 aromatic carbocycles. The maximum absolute atomic E-state index is 12.4. The molecule has 0 aromatic rings. The molecule has 4 aliphatic carbocycles. The quantitative estimate of drug-likeness (QED) is 0.580. The van der Waals surface area contributed by atoms with Crippen LogP contribution in [0.5, 0.6) is 0 Å². The molecule has 7 atom stereocenters. The second-order valence-electron chi connectivity index (χ2n) is 9.27. The molecule has 4 rings (SSSR count). The number of Topliss-reactive ketones (excluding diaryl/α,β-unsaturated/α-hetero) is 1. The molecule has 6 heteroatoms. The van der Waals surface area contributed by atoms with Gasteiger partial charge in [0, 0.05) is 16.9 Å². The van der Waals surface area contributed by atoms with Crippen molar-refractivity contribution in [1.82, 2.24) is 0 Å². The molecule has 4 aliphatic rings. The first-order chi connectivity index (χ1) is 12.6. The zero-order chi connectivity index (χ0) is 19.8. The van der Waals surface area contributed by atoms with Crippen molar-refractivity contribution in [2.45, 2.75) is 57.7 Å². The Morgan fingerprint density at radius 2 is 1.93 bits per heavy atom. The van der Waals surface area contributed by atoms with Gasteiger partial charge in [0.15, 0.2) is 17.2 Å². The smallest absolute Gasteiger partial charge is 0.192 e. The first-order valence-corrected chi connectivity index (χ1v) is 9.81. The molecule has 0 spiro atoms. The number of carbonyl (C=O) groups excluding carboxylic acids is 2. The van der Waals surface area contributed by atoms with Gasteiger partial charge in [0.05, 0.1) is 6.10 Å². The van der Waals surface area contributed by atoms with Crippen molar-refractivity contribution in [2.75, 3.05) is 6.61 Å². The standard InChI is InChI=1S/C21H28O6/c1-19-6-5-14-13(15(19)9-17(25)21(19,27)18(26)10-22)4-3-11-7-12(23)8-16(24)20(11,14)2/h7-8,13-15,17,22,24-25,27H,3-6,9-10H2,1-2H3. The molecule has 6 nitrogen and oxygen atoms in total. The van der Waals surface area contributed by atoms with E-state index in [9.17, 15) is 30.0 Å². The van der Waals surface area contributed by atoms with Gasteiger partial charge in [-0.05, 0) is 62.9 Å². The molecule has 27 heavy (non-hydrogen) atoms. The van der Waals surface area contributed by atoms with E-state index in [1.165, 1.54) is 6.08 Å². The lowest BCUT2D eigenvalue weighted by molar-refractivity contribution is -0.177. The van der Waals surface area contributed by atoms with E-state index in [-0.39, 0.29) is 29.3 Å². The first-order valence-electron chi connectivity index (χ1n) is 9.81. The lowest BCUT2D eigenvalue weighted by atomic mass is 9.46. The van der Waals surface area contributed by atoms with Gasteiger partial charge in [-0.3, -0.25) is 9.59 Å². The molecular weight excluding hydrogens is 348 g/mol. The summed E-state index contributed by atoms with van der Waals surface area (Å²) in [6.07, 6.45) is 4.70. The average molecular weight is 376 g/mol. The minimum Gasteiger partial charge on any atom is -0.511 e. The fraction of sp³-hybridized carbons (Fsp3) is 0.714. The average Bonchev–Trinajstić information content (AvgIpc) is 2.83. The fourth-order valence-corrected chi connectivity index (χ4v) is 6.95. The molecule has 0 heterocycles. The summed E-state index contributed by atoms with van der Waals surface area (Å²) in [6, 6.07) is 0. The lowest BCUT2D eigenvalue weighted by Gasteiger charge is -2.58. The van der Waals surface area contributed by atoms with Gasteiger partial charge in [-0.1, -0.05) is 12.5 Å². The van der Waals surface area contributed by atoms with Crippen LogP contribution in [0.25, 0.3) is 0 Å². The van der Waals surface area contributed by atoms with Crippen molar-refractivity contribution in [3.63, 3.8) is 0 Å². The third-order valence-electron chi connectivity index (χ3n) is 8.51. The van der Waals surface area contributed by atoms with E-state index in [4.69, 9.17) is 0 Å². The molecule has 0 saturated heterocycles. The molecule has 3 fully saturated rings. The van der Waals surface area contributed by atoms with Crippen LogP contribution in [-0.2, 0) is 9.59 Å². The minimum atomic E-state index is -1.94. The Morgan fingerprint density at radius 3 is 2.59 bits per heavy atom. The van der Waals surface area contributed by atoms with Crippen LogP contribution in [0, 0.1) is 28.6 Å². The molecule has 0 radical (unpaired) electrons. The molecule has 7 unspecified atom stereocenters. The molecule has 148 valence electrons. The number of aliphatic hydroxyl groups excluding tert-OH is 3. The Morgan fingerprint density at radius 1 is 1.22 bits per heavy atom. The zero-order valence-corrected chi connectivity index (χ0v) is 15.8. The second kappa shape index (κ2) is 5.75. The lowest BCUT2D eigenvalue weighted by Crippen LogP contribution is -2.61. The van der Waals surface area contributed by atoms with Gasteiger partial charge in [0.25, 0.3) is 0 Å². The summed E-state index contributed by atoms with van der Waals surface area (Å²) in [6.45, 7) is 3.04. The Kier molecular flexibility index (Phi) is 4.01. The van der Waals surface area contributed by atoms with Crippen molar-refractivity contribution in [3.8, 4) is 0 Å². The monoisotopic (exact) mass is 376 g/mol. The number of fused-ring (bicyclic) bond motifs is 5. The highest BCUT2D eigenvalue weighted by Crippen LogP contribution is 2.67. The zero-order valence-electron chi connectivity index (χ0n) is 15.8. The van der Waals surface area contributed by atoms with E-state index in [0.717, 1.165) is 12.0 Å². The van der Waals surface area contributed by atoms with Crippen LogP contribution >= 0.6 is 0 Å². The third-order valence-corrected chi connectivity index (χ3v) is 8.51. The Labute approximate surface area is 158 Å². The van der Waals surface area contributed by atoms with Crippen LogP contribution in [0.15, 0.2) is 23.5 Å². The topological polar surface area (TPSA) is 115 Å². The number of hydrogen-bond donors (Lipinski definition) is 4. The largest absolute Gasteiger partial charge is 0.511 e. The van der Waals surface area contributed by atoms with Gasteiger partial charge in [-0.15, -0.1) is 0 Å². The molecule has 4 N–H and O–H groups in total. The summed E-state index contributed by atoms with van der Waals surface area (Å²) in [5.41, 5.74) is -2.40. The van der Waals surface area contributed by atoms with E-state index in [1.807, 2.05) is 13.8 Å². The number of aliphatic hydroxyl groups is 4. The van der Waals surface area contributed by atoms with Crippen LogP contribution in [-0.4, -0.2) is 50.3 Å². The molecule has 0 aliphatic heterocycles. The highest BCUT2D eigenvalue weighted by atomic mass is 16.4. The Hall–Kier alpha value is -1.50. The number of ketones is 2. The summed E-state index contributed by atoms with van der Waals surface area (Å²) in [7, 11) is 0. The van der Waals surface area contributed by atoms with Crippen molar-refractivity contribution in [1.29, 1.82) is 0 Å². The van der Waals surface area contributed by atoms with E-state index in [1.54, 1.807) is 6.08 Å². The van der Waals surface area contributed by atoms with E-state index in [0.29, 0.717) is 25.7 Å².